The molecule has 0 saturated carbocycles. The molecular weight excluding hydrogens is 265 g/mol. The second-order valence-electron chi connectivity index (χ2n) is 3.06. The lowest BCUT2D eigenvalue weighted by Crippen LogP contribution is -2.08. The highest BCUT2D eigenvalue weighted by atomic mass is 31.2. The van der Waals surface area contributed by atoms with Gasteiger partial charge in [-0.25, -0.2) is 9.36 Å². The van der Waals surface area contributed by atoms with Crippen molar-refractivity contribution in [2.75, 3.05) is 6.61 Å². The molecule has 0 saturated heterocycles. The van der Waals surface area contributed by atoms with Crippen LogP contribution in [0.15, 0.2) is 24.3 Å². The summed E-state index contributed by atoms with van der Waals surface area (Å²) in [5, 5.41) is 10.4. The molecule has 0 heterocycles. The third-order valence-electron chi connectivity index (χ3n) is 1.79. The van der Waals surface area contributed by atoms with Crippen molar-refractivity contribution in [3.05, 3.63) is 34.4 Å². The molecule has 1 atom stereocenters. The van der Waals surface area contributed by atoms with Gasteiger partial charge in [0.25, 0.3) is 5.69 Å². The molecule has 0 bridgehead atoms. The summed E-state index contributed by atoms with van der Waals surface area (Å²) in [4.78, 5) is 30.1. The van der Waals surface area contributed by atoms with Crippen molar-refractivity contribution in [1.29, 1.82) is 0 Å². The molecule has 0 aliphatic heterocycles. The van der Waals surface area contributed by atoms with Crippen LogP contribution >= 0.6 is 7.60 Å². The van der Waals surface area contributed by atoms with Gasteiger partial charge in [0.2, 0.25) is 0 Å². The van der Waals surface area contributed by atoms with E-state index in [2.05, 4.69) is 9.26 Å². The Kier molecular flexibility index (Phi) is 4.55. The van der Waals surface area contributed by atoms with Crippen LogP contribution < -0.4 is 4.74 Å². The van der Waals surface area contributed by atoms with E-state index in [1.165, 1.54) is 6.92 Å². The summed E-state index contributed by atoms with van der Waals surface area (Å²) in [7, 11) is -4.47. The Morgan fingerprint density at radius 3 is 2.44 bits per heavy atom. The number of benzene rings is 1. The number of nitro groups is 1. The van der Waals surface area contributed by atoms with E-state index >= 15 is 0 Å². The standard InChI is InChI=1S/C9H10NO7P/c1-2-16-18(14,15)9(11)17-8-5-3-7(4-6-8)10(12)13/h3-6H,2H2,1H3,(H,14,15). The summed E-state index contributed by atoms with van der Waals surface area (Å²) >= 11 is 0. The van der Waals surface area contributed by atoms with E-state index in [-0.39, 0.29) is 18.0 Å². The number of non-ortho nitro benzene ring substituents is 1. The van der Waals surface area contributed by atoms with Crippen LogP contribution in [0.3, 0.4) is 0 Å². The first-order valence-corrected chi connectivity index (χ1v) is 6.38. The Hall–Kier alpha value is -1.76. The molecule has 18 heavy (non-hydrogen) atoms. The molecule has 0 radical (unpaired) electrons. The van der Waals surface area contributed by atoms with Gasteiger partial charge in [-0.2, -0.15) is 0 Å². The fraction of sp³-hybridized carbons (Fsp3) is 0.222. The summed E-state index contributed by atoms with van der Waals surface area (Å²) in [6.07, 6.45) is 0. The average molecular weight is 275 g/mol. The largest absolute Gasteiger partial charge is 0.436 e. The predicted octanol–water partition coefficient (Wildman–Crippen LogP) is 2.32. The van der Waals surface area contributed by atoms with Crippen molar-refractivity contribution in [2.45, 2.75) is 6.92 Å². The number of carbonyl (C=O) groups excluding carboxylic acids is 1. The van der Waals surface area contributed by atoms with Crippen molar-refractivity contribution < 1.29 is 28.4 Å². The van der Waals surface area contributed by atoms with Gasteiger partial charge in [0.1, 0.15) is 5.75 Å². The highest BCUT2D eigenvalue weighted by Crippen LogP contribution is 2.43. The zero-order chi connectivity index (χ0) is 13.8. The maximum atomic E-state index is 11.2. The highest BCUT2D eigenvalue weighted by Gasteiger charge is 2.32. The van der Waals surface area contributed by atoms with Crippen LogP contribution in [0.25, 0.3) is 0 Å². The third-order valence-corrected chi connectivity index (χ3v) is 2.95. The SMILES string of the molecule is CCOP(=O)(O)C(=O)Oc1ccc([N+](=O)[O-])cc1. The predicted molar refractivity (Wildman–Crippen MR) is 60.6 cm³/mol. The van der Waals surface area contributed by atoms with Gasteiger partial charge >= 0.3 is 13.3 Å². The minimum Gasteiger partial charge on any atom is -0.417 e. The first kappa shape index (κ1) is 14.3. The quantitative estimate of drug-likeness (QED) is 0.497. The molecule has 1 rings (SSSR count). The first-order chi connectivity index (χ1) is 8.36. The summed E-state index contributed by atoms with van der Waals surface area (Å²) < 4.78 is 20.2. The van der Waals surface area contributed by atoms with Gasteiger partial charge in [-0.3, -0.25) is 10.1 Å². The van der Waals surface area contributed by atoms with E-state index in [0.717, 1.165) is 24.3 Å². The molecule has 0 aromatic heterocycles. The zero-order valence-corrected chi connectivity index (χ0v) is 10.2. The van der Waals surface area contributed by atoms with E-state index in [4.69, 9.17) is 4.89 Å². The molecule has 0 aliphatic rings. The lowest BCUT2D eigenvalue weighted by Gasteiger charge is -2.09. The summed E-state index contributed by atoms with van der Waals surface area (Å²) in [6.45, 7) is 1.32. The number of nitro benzene ring substituents is 1. The number of ether oxygens (including phenoxy) is 1. The molecule has 0 amide bonds. The first-order valence-electron chi connectivity index (χ1n) is 4.81. The van der Waals surface area contributed by atoms with Crippen molar-refractivity contribution in [1.82, 2.24) is 0 Å². The van der Waals surface area contributed by atoms with Gasteiger partial charge in [0.15, 0.2) is 0 Å². The second kappa shape index (κ2) is 5.72. The maximum absolute atomic E-state index is 11.2. The number of carbonyl (C=O) groups is 1. The van der Waals surface area contributed by atoms with Crippen molar-refractivity contribution in [3.63, 3.8) is 0 Å². The summed E-state index contributed by atoms with van der Waals surface area (Å²) in [6, 6.07) is 4.49. The van der Waals surface area contributed by atoms with Crippen molar-refractivity contribution in [2.24, 2.45) is 0 Å². The summed E-state index contributed by atoms with van der Waals surface area (Å²) in [5.41, 5.74) is -1.62. The van der Waals surface area contributed by atoms with Gasteiger partial charge in [-0.1, -0.05) is 0 Å². The molecular formula is C9H10NO7P. The molecule has 0 spiro atoms. The fourth-order valence-corrected chi connectivity index (χ4v) is 1.70. The minimum absolute atomic E-state index is 0.0837. The van der Waals surface area contributed by atoms with E-state index in [0.29, 0.717) is 0 Å². The van der Waals surface area contributed by atoms with Crippen LogP contribution in [-0.4, -0.2) is 22.1 Å². The second-order valence-corrected chi connectivity index (χ2v) is 4.72. The van der Waals surface area contributed by atoms with Crippen LogP contribution in [0.5, 0.6) is 5.75 Å². The van der Waals surface area contributed by atoms with Gasteiger partial charge < -0.3 is 14.2 Å². The Morgan fingerprint density at radius 1 is 1.44 bits per heavy atom. The normalized spacial score (nSPS) is 13.7. The Balaban J connectivity index is 2.76. The topological polar surface area (TPSA) is 116 Å². The molecule has 1 N–H and O–H groups in total. The van der Waals surface area contributed by atoms with E-state index in [1.54, 1.807) is 0 Å². The zero-order valence-electron chi connectivity index (χ0n) is 9.31. The highest BCUT2D eigenvalue weighted by molar-refractivity contribution is 7.70. The fourth-order valence-electron chi connectivity index (χ4n) is 1.02. The smallest absolute Gasteiger partial charge is 0.417 e. The van der Waals surface area contributed by atoms with Gasteiger partial charge in [0.05, 0.1) is 11.5 Å². The monoisotopic (exact) mass is 275 g/mol. The van der Waals surface area contributed by atoms with Gasteiger partial charge in [-0.05, 0) is 19.1 Å². The van der Waals surface area contributed by atoms with Crippen molar-refractivity contribution in [3.8, 4) is 5.75 Å². The lowest BCUT2D eigenvalue weighted by atomic mass is 10.3. The maximum Gasteiger partial charge on any atom is 0.436 e. The number of hydrogen-bond donors (Lipinski definition) is 1. The van der Waals surface area contributed by atoms with Crippen LogP contribution in [0.1, 0.15) is 6.92 Å². The molecule has 9 heteroatoms. The third kappa shape index (κ3) is 3.63. The Labute approximate surface area is 102 Å². The van der Waals surface area contributed by atoms with E-state index in [9.17, 15) is 19.5 Å². The minimum atomic E-state index is -4.47. The molecule has 1 aromatic carbocycles. The van der Waals surface area contributed by atoms with Crippen LogP contribution in [0.2, 0.25) is 0 Å². The van der Waals surface area contributed by atoms with E-state index < -0.39 is 18.2 Å². The van der Waals surface area contributed by atoms with Crippen LogP contribution in [-0.2, 0) is 9.09 Å². The molecule has 0 fully saturated rings. The van der Waals surface area contributed by atoms with E-state index in [1.807, 2.05) is 0 Å². The van der Waals surface area contributed by atoms with Crippen molar-refractivity contribution >= 4 is 19.0 Å². The molecule has 1 aromatic rings. The molecule has 98 valence electrons. The molecule has 1 unspecified atom stereocenters. The lowest BCUT2D eigenvalue weighted by molar-refractivity contribution is -0.384. The summed E-state index contributed by atoms with van der Waals surface area (Å²) in [5.74, 6) is -0.0837. The number of nitrogens with zero attached hydrogens (tertiary/aromatic N) is 1. The Bertz CT molecular complexity index is 498. The van der Waals surface area contributed by atoms with Gasteiger partial charge in [-0.15, -0.1) is 0 Å². The molecule has 0 aliphatic carbocycles. The number of hydrogen-bond acceptors (Lipinski definition) is 6. The number of rotatable bonds is 5. The van der Waals surface area contributed by atoms with Crippen LogP contribution in [0, 0.1) is 10.1 Å². The van der Waals surface area contributed by atoms with Crippen LogP contribution in [0.4, 0.5) is 10.5 Å². The van der Waals surface area contributed by atoms with Gasteiger partial charge in [0, 0.05) is 12.1 Å². The molecule has 8 nitrogen and oxygen atoms in total. The average Bonchev–Trinajstić information content (AvgIpc) is 2.29. The Morgan fingerprint density at radius 2 is 2.00 bits per heavy atom.